The predicted octanol–water partition coefficient (Wildman–Crippen LogP) is 2.68. The summed E-state index contributed by atoms with van der Waals surface area (Å²) in [4.78, 5) is 11.5. The number of aryl methyl sites for hydroxylation is 1. The molecule has 1 atom stereocenters. The van der Waals surface area contributed by atoms with Crippen molar-refractivity contribution in [2.45, 2.75) is 57.7 Å². The maximum absolute atomic E-state index is 6.05. The van der Waals surface area contributed by atoms with E-state index < -0.39 is 0 Å². The largest absolute Gasteiger partial charge is 0.472 e. The summed E-state index contributed by atoms with van der Waals surface area (Å²) in [6.07, 6.45) is 7.86. The van der Waals surface area contributed by atoms with Gasteiger partial charge in [-0.25, -0.2) is 9.98 Å². The lowest BCUT2D eigenvalue weighted by Gasteiger charge is -2.25. The second-order valence-corrected chi connectivity index (χ2v) is 7.63. The van der Waals surface area contributed by atoms with Gasteiger partial charge in [0, 0.05) is 38.3 Å². The van der Waals surface area contributed by atoms with Gasteiger partial charge in [0.25, 0.3) is 0 Å². The first kappa shape index (κ1) is 21.8. The van der Waals surface area contributed by atoms with Gasteiger partial charge < -0.3 is 19.5 Å². The Kier molecular flexibility index (Phi) is 7.68. The number of hydrogen-bond donors (Lipinski definition) is 1. The molecule has 4 rings (SSSR count). The zero-order valence-electron chi connectivity index (χ0n) is 17.1. The lowest BCUT2D eigenvalue weighted by molar-refractivity contribution is 0.205. The monoisotopic (exact) mass is 511 g/mol. The molecule has 0 radical (unpaired) electrons. The van der Waals surface area contributed by atoms with Crippen molar-refractivity contribution in [1.82, 2.24) is 30.0 Å². The molecule has 0 aromatic carbocycles. The van der Waals surface area contributed by atoms with Gasteiger partial charge in [-0.15, -0.1) is 34.2 Å². The fourth-order valence-corrected chi connectivity index (χ4v) is 3.83. The SMILES string of the molecule is Cc1nnc(CN=C(NC2CCCC2)N2CCC(Oc3ccccn3)C2)n1C.I. The molecule has 0 amide bonds. The molecule has 2 aliphatic rings. The molecule has 1 saturated heterocycles. The molecule has 1 saturated carbocycles. The van der Waals surface area contributed by atoms with E-state index in [9.17, 15) is 0 Å². The van der Waals surface area contributed by atoms with Crippen molar-refractivity contribution in [3.63, 3.8) is 0 Å². The molecule has 0 bridgehead atoms. The Hall–Kier alpha value is -1.91. The number of rotatable bonds is 5. The topological polar surface area (TPSA) is 80.5 Å². The van der Waals surface area contributed by atoms with Crippen LogP contribution in [0.2, 0.25) is 0 Å². The van der Waals surface area contributed by atoms with Crippen LogP contribution in [0.5, 0.6) is 5.88 Å². The summed E-state index contributed by atoms with van der Waals surface area (Å²) in [7, 11) is 1.98. The molecular formula is C20H30IN7O. The molecule has 1 N–H and O–H groups in total. The minimum Gasteiger partial charge on any atom is -0.472 e. The van der Waals surface area contributed by atoms with Crippen molar-refractivity contribution < 1.29 is 4.74 Å². The number of nitrogens with zero attached hydrogens (tertiary/aromatic N) is 6. The minimum absolute atomic E-state index is 0. The normalized spacial score (nSPS) is 20.0. The Morgan fingerprint density at radius 3 is 2.76 bits per heavy atom. The van der Waals surface area contributed by atoms with Crippen molar-refractivity contribution in [2.75, 3.05) is 13.1 Å². The van der Waals surface area contributed by atoms with Crippen LogP contribution in [-0.2, 0) is 13.6 Å². The minimum atomic E-state index is 0. The van der Waals surface area contributed by atoms with E-state index in [2.05, 4.69) is 25.4 Å². The highest BCUT2D eigenvalue weighted by Gasteiger charge is 2.28. The van der Waals surface area contributed by atoms with Gasteiger partial charge in [-0.05, 0) is 25.8 Å². The van der Waals surface area contributed by atoms with Crippen molar-refractivity contribution in [1.29, 1.82) is 0 Å². The first-order valence-corrected chi connectivity index (χ1v) is 10.2. The van der Waals surface area contributed by atoms with Crippen LogP contribution in [0.15, 0.2) is 29.4 Å². The number of likely N-dealkylation sites (tertiary alicyclic amines) is 1. The number of aliphatic imine (C=N–C) groups is 1. The van der Waals surface area contributed by atoms with E-state index in [0.29, 0.717) is 18.5 Å². The molecule has 158 valence electrons. The van der Waals surface area contributed by atoms with E-state index in [4.69, 9.17) is 9.73 Å². The van der Waals surface area contributed by atoms with Crippen LogP contribution in [0.3, 0.4) is 0 Å². The van der Waals surface area contributed by atoms with E-state index in [1.54, 1.807) is 6.20 Å². The van der Waals surface area contributed by atoms with Crippen molar-refractivity contribution in [3.05, 3.63) is 36.0 Å². The summed E-state index contributed by atoms with van der Waals surface area (Å²) < 4.78 is 8.04. The average molecular weight is 511 g/mol. The van der Waals surface area contributed by atoms with Crippen molar-refractivity contribution >= 4 is 29.9 Å². The summed E-state index contributed by atoms with van der Waals surface area (Å²) in [6, 6.07) is 6.27. The molecule has 1 unspecified atom stereocenters. The van der Waals surface area contributed by atoms with Crippen LogP contribution in [0.1, 0.15) is 43.8 Å². The molecule has 1 aliphatic carbocycles. The lowest BCUT2D eigenvalue weighted by Crippen LogP contribution is -2.45. The average Bonchev–Trinajstić information content (AvgIpc) is 3.44. The second kappa shape index (κ2) is 10.2. The Balaban J connectivity index is 0.00000240. The van der Waals surface area contributed by atoms with E-state index in [1.807, 2.05) is 36.7 Å². The van der Waals surface area contributed by atoms with Crippen LogP contribution in [0.25, 0.3) is 0 Å². The van der Waals surface area contributed by atoms with Crippen LogP contribution in [-0.4, -0.2) is 55.8 Å². The van der Waals surface area contributed by atoms with Crippen LogP contribution in [0, 0.1) is 6.92 Å². The lowest BCUT2D eigenvalue weighted by atomic mass is 10.2. The van der Waals surface area contributed by atoms with Gasteiger partial charge >= 0.3 is 0 Å². The Bertz CT molecular complexity index is 804. The van der Waals surface area contributed by atoms with Crippen LogP contribution in [0.4, 0.5) is 0 Å². The van der Waals surface area contributed by atoms with Gasteiger partial charge in [0.15, 0.2) is 11.8 Å². The molecular weight excluding hydrogens is 481 g/mol. The van der Waals surface area contributed by atoms with Gasteiger partial charge in [0.2, 0.25) is 5.88 Å². The Morgan fingerprint density at radius 1 is 1.24 bits per heavy atom. The third-order valence-corrected chi connectivity index (χ3v) is 5.61. The van der Waals surface area contributed by atoms with Gasteiger partial charge in [0.05, 0.1) is 6.54 Å². The first-order chi connectivity index (χ1) is 13.7. The smallest absolute Gasteiger partial charge is 0.213 e. The number of halogens is 1. The summed E-state index contributed by atoms with van der Waals surface area (Å²) >= 11 is 0. The van der Waals surface area contributed by atoms with Crippen molar-refractivity contribution in [3.8, 4) is 5.88 Å². The quantitative estimate of drug-likeness (QED) is 0.378. The van der Waals surface area contributed by atoms with Crippen LogP contribution < -0.4 is 10.1 Å². The number of aromatic nitrogens is 4. The van der Waals surface area contributed by atoms with E-state index >= 15 is 0 Å². The Morgan fingerprint density at radius 2 is 2.07 bits per heavy atom. The predicted molar refractivity (Wildman–Crippen MR) is 123 cm³/mol. The summed E-state index contributed by atoms with van der Waals surface area (Å²) in [5.41, 5.74) is 0. The molecule has 29 heavy (non-hydrogen) atoms. The zero-order valence-corrected chi connectivity index (χ0v) is 19.5. The summed E-state index contributed by atoms with van der Waals surface area (Å²) in [5.74, 6) is 3.43. The molecule has 2 aromatic rings. The van der Waals surface area contributed by atoms with Gasteiger partial charge in [0.1, 0.15) is 18.5 Å². The molecule has 8 nitrogen and oxygen atoms in total. The molecule has 1 aliphatic heterocycles. The van der Waals surface area contributed by atoms with E-state index in [0.717, 1.165) is 37.1 Å². The highest BCUT2D eigenvalue weighted by molar-refractivity contribution is 14.0. The summed E-state index contributed by atoms with van der Waals surface area (Å²) in [5, 5.41) is 12.1. The number of nitrogens with one attached hydrogen (secondary N) is 1. The number of ether oxygens (including phenoxy) is 1. The summed E-state index contributed by atoms with van der Waals surface area (Å²) in [6.45, 7) is 4.22. The first-order valence-electron chi connectivity index (χ1n) is 10.2. The van der Waals surface area contributed by atoms with Crippen LogP contribution >= 0.6 is 24.0 Å². The molecule has 9 heteroatoms. The number of guanidine groups is 1. The fraction of sp³-hybridized carbons (Fsp3) is 0.600. The zero-order chi connectivity index (χ0) is 19.3. The molecule has 2 fully saturated rings. The maximum Gasteiger partial charge on any atom is 0.213 e. The molecule has 0 spiro atoms. The third kappa shape index (κ3) is 5.58. The molecule has 3 heterocycles. The second-order valence-electron chi connectivity index (χ2n) is 7.63. The highest BCUT2D eigenvalue weighted by Crippen LogP contribution is 2.20. The fourth-order valence-electron chi connectivity index (χ4n) is 3.83. The maximum atomic E-state index is 6.05. The Labute approximate surface area is 189 Å². The van der Waals surface area contributed by atoms with Gasteiger partial charge in [-0.3, -0.25) is 0 Å². The van der Waals surface area contributed by atoms with E-state index in [-0.39, 0.29) is 30.1 Å². The van der Waals surface area contributed by atoms with Crippen molar-refractivity contribution in [2.24, 2.45) is 12.0 Å². The number of pyridine rings is 1. The van der Waals surface area contributed by atoms with Gasteiger partial charge in [-0.2, -0.15) is 0 Å². The number of hydrogen-bond acceptors (Lipinski definition) is 5. The third-order valence-electron chi connectivity index (χ3n) is 5.61. The molecule has 2 aromatic heterocycles. The van der Waals surface area contributed by atoms with E-state index in [1.165, 1.54) is 25.7 Å². The van der Waals surface area contributed by atoms with Gasteiger partial charge in [-0.1, -0.05) is 18.9 Å². The highest BCUT2D eigenvalue weighted by atomic mass is 127. The standard InChI is InChI=1S/C20H29N7O.HI/c1-15-24-25-18(26(15)2)13-22-20(23-16-7-3-4-8-16)27-12-10-17(14-27)28-19-9-5-6-11-21-19;/h5-6,9,11,16-17H,3-4,7-8,10,12-14H2,1-2H3,(H,22,23);1H.